The normalized spacial score (nSPS) is 17.5. The average molecular weight is 399 g/mol. The molecule has 150 valence electrons. The fourth-order valence-electron chi connectivity index (χ4n) is 3.32. The summed E-state index contributed by atoms with van der Waals surface area (Å²) >= 11 is 0. The van der Waals surface area contributed by atoms with Crippen LogP contribution in [-0.2, 0) is 4.79 Å². The minimum atomic E-state index is -4.64. The predicted octanol–water partition coefficient (Wildman–Crippen LogP) is 2.38. The third-order valence-electron chi connectivity index (χ3n) is 4.93. The number of hydrogen-bond donors (Lipinski definition) is 0. The number of benzene rings is 1. The van der Waals surface area contributed by atoms with Crippen LogP contribution in [0.3, 0.4) is 0 Å². The molecule has 0 spiro atoms. The van der Waals surface area contributed by atoms with Gasteiger partial charge in [0.15, 0.2) is 0 Å². The van der Waals surface area contributed by atoms with E-state index in [-0.39, 0.29) is 11.5 Å². The average Bonchev–Trinajstić information content (AvgIpc) is 3.42. The van der Waals surface area contributed by atoms with Crippen LogP contribution in [0.15, 0.2) is 18.2 Å². The van der Waals surface area contributed by atoms with Gasteiger partial charge in [-0.3, -0.25) is 29.4 Å². The second-order valence-electron chi connectivity index (χ2n) is 6.87. The van der Waals surface area contributed by atoms with Crippen LogP contribution in [0.2, 0.25) is 0 Å². The SMILES string of the molecule is CC(C1CC1)N(CC(F)(F)F)C(=O)CN1C(=O)c2cccc([N+](=O)[O-])c2C1=O. The molecule has 3 amide bonds. The van der Waals surface area contributed by atoms with Crippen molar-refractivity contribution in [2.24, 2.45) is 5.92 Å². The van der Waals surface area contributed by atoms with Gasteiger partial charge < -0.3 is 4.90 Å². The molecule has 0 N–H and O–H groups in total. The van der Waals surface area contributed by atoms with E-state index in [0.717, 1.165) is 6.07 Å². The lowest BCUT2D eigenvalue weighted by atomic mass is 10.1. The van der Waals surface area contributed by atoms with Crippen molar-refractivity contribution in [3.8, 4) is 0 Å². The molecule has 1 unspecified atom stereocenters. The molecule has 2 aliphatic rings. The Hall–Kier alpha value is -2.98. The van der Waals surface area contributed by atoms with Gasteiger partial charge in [0, 0.05) is 12.1 Å². The maximum absolute atomic E-state index is 12.9. The van der Waals surface area contributed by atoms with E-state index < -0.39 is 59.2 Å². The summed E-state index contributed by atoms with van der Waals surface area (Å²) in [6, 6.07) is 2.77. The standard InChI is InChI=1S/C17H16F3N3O5/c1-9(10-5-6-10)22(8-17(18,19)20)13(24)7-21-15(25)11-3-2-4-12(23(27)28)14(11)16(21)26/h2-4,9-10H,5-8H2,1H3. The van der Waals surface area contributed by atoms with Crippen LogP contribution in [0, 0.1) is 16.0 Å². The van der Waals surface area contributed by atoms with Crippen molar-refractivity contribution in [2.45, 2.75) is 32.0 Å². The first-order valence-corrected chi connectivity index (χ1v) is 8.51. The molecule has 1 aliphatic carbocycles. The van der Waals surface area contributed by atoms with Crippen LogP contribution >= 0.6 is 0 Å². The Balaban J connectivity index is 1.84. The third kappa shape index (κ3) is 3.69. The molecule has 1 fully saturated rings. The van der Waals surface area contributed by atoms with Gasteiger partial charge in [-0.05, 0) is 31.7 Å². The maximum atomic E-state index is 12.9. The molecule has 8 nitrogen and oxygen atoms in total. The van der Waals surface area contributed by atoms with Crippen molar-refractivity contribution in [3.63, 3.8) is 0 Å². The molecule has 1 heterocycles. The summed E-state index contributed by atoms with van der Waals surface area (Å²) in [5.74, 6) is -3.10. The number of fused-ring (bicyclic) bond motifs is 1. The fraction of sp³-hybridized carbons (Fsp3) is 0.471. The van der Waals surface area contributed by atoms with E-state index in [1.165, 1.54) is 19.1 Å². The molecular weight excluding hydrogens is 383 g/mol. The van der Waals surface area contributed by atoms with Crippen LogP contribution in [-0.4, -0.2) is 57.8 Å². The number of nitro benzene ring substituents is 1. The summed E-state index contributed by atoms with van der Waals surface area (Å²) in [7, 11) is 0. The lowest BCUT2D eigenvalue weighted by Crippen LogP contribution is -2.50. The van der Waals surface area contributed by atoms with E-state index in [1.807, 2.05) is 0 Å². The Morgan fingerprint density at radius 1 is 1.32 bits per heavy atom. The van der Waals surface area contributed by atoms with E-state index in [1.54, 1.807) is 0 Å². The van der Waals surface area contributed by atoms with Gasteiger partial charge in [-0.25, -0.2) is 0 Å². The number of halogens is 3. The summed E-state index contributed by atoms with van der Waals surface area (Å²) in [6.45, 7) is -0.905. The highest BCUT2D eigenvalue weighted by Crippen LogP contribution is 2.36. The molecule has 1 saturated carbocycles. The monoisotopic (exact) mass is 399 g/mol. The van der Waals surface area contributed by atoms with Gasteiger partial charge in [0.2, 0.25) is 5.91 Å². The van der Waals surface area contributed by atoms with Crippen molar-refractivity contribution in [1.29, 1.82) is 0 Å². The summed E-state index contributed by atoms with van der Waals surface area (Å²) in [6.07, 6.45) is -3.25. The first-order chi connectivity index (χ1) is 13.0. The van der Waals surface area contributed by atoms with Crippen LogP contribution in [0.1, 0.15) is 40.5 Å². The summed E-state index contributed by atoms with van der Waals surface area (Å²) < 4.78 is 38.8. The lowest BCUT2D eigenvalue weighted by molar-refractivity contribution is -0.385. The molecular formula is C17H16F3N3O5. The van der Waals surface area contributed by atoms with Crippen LogP contribution in [0.5, 0.6) is 0 Å². The number of alkyl halides is 3. The molecule has 1 aromatic rings. The van der Waals surface area contributed by atoms with Gasteiger partial charge in [0.1, 0.15) is 18.7 Å². The Morgan fingerprint density at radius 3 is 2.50 bits per heavy atom. The summed E-state index contributed by atoms with van der Waals surface area (Å²) in [5.41, 5.74) is -1.29. The highest BCUT2D eigenvalue weighted by Gasteiger charge is 2.45. The van der Waals surface area contributed by atoms with Crippen molar-refractivity contribution in [2.75, 3.05) is 13.1 Å². The van der Waals surface area contributed by atoms with Gasteiger partial charge in [-0.2, -0.15) is 13.2 Å². The Bertz CT molecular complexity index is 866. The van der Waals surface area contributed by atoms with E-state index >= 15 is 0 Å². The molecule has 0 aromatic heterocycles. The third-order valence-corrected chi connectivity index (χ3v) is 4.93. The number of carbonyl (C=O) groups is 3. The van der Waals surface area contributed by atoms with Gasteiger partial charge in [-0.15, -0.1) is 0 Å². The number of imide groups is 1. The van der Waals surface area contributed by atoms with Crippen molar-refractivity contribution >= 4 is 23.4 Å². The minimum absolute atomic E-state index is 0.0606. The maximum Gasteiger partial charge on any atom is 0.406 e. The largest absolute Gasteiger partial charge is 0.406 e. The van der Waals surface area contributed by atoms with Crippen molar-refractivity contribution in [3.05, 3.63) is 39.4 Å². The topological polar surface area (TPSA) is 101 Å². The van der Waals surface area contributed by atoms with Gasteiger partial charge in [0.05, 0.1) is 10.5 Å². The molecule has 1 aromatic carbocycles. The number of nitrogens with zero attached hydrogens (tertiary/aromatic N) is 3. The molecule has 28 heavy (non-hydrogen) atoms. The number of amides is 3. The van der Waals surface area contributed by atoms with E-state index in [9.17, 15) is 37.7 Å². The highest BCUT2D eigenvalue weighted by molar-refractivity contribution is 6.24. The van der Waals surface area contributed by atoms with Crippen molar-refractivity contribution < 1.29 is 32.5 Å². The van der Waals surface area contributed by atoms with Gasteiger partial charge in [-0.1, -0.05) is 6.07 Å². The molecule has 11 heteroatoms. The second-order valence-corrected chi connectivity index (χ2v) is 6.87. The second kappa shape index (κ2) is 6.88. The molecule has 1 atom stereocenters. The quantitative estimate of drug-likeness (QED) is 0.415. The predicted molar refractivity (Wildman–Crippen MR) is 88.4 cm³/mol. The molecule has 1 aliphatic heterocycles. The Labute approximate surface area is 157 Å². The minimum Gasteiger partial charge on any atom is -0.329 e. The van der Waals surface area contributed by atoms with Crippen LogP contribution < -0.4 is 0 Å². The summed E-state index contributed by atoms with van der Waals surface area (Å²) in [5, 5.41) is 11.1. The molecule has 0 saturated heterocycles. The zero-order chi connectivity index (χ0) is 20.8. The molecule has 0 radical (unpaired) electrons. The lowest BCUT2D eigenvalue weighted by Gasteiger charge is -2.31. The first-order valence-electron chi connectivity index (χ1n) is 8.51. The Kier molecular flexibility index (Phi) is 4.86. The number of rotatable bonds is 6. The molecule has 3 rings (SSSR count). The number of carbonyl (C=O) groups excluding carboxylic acids is 3. The highest BCUT2D eigenvalue weighted by atomic mass is 19.4. The van der Waals surface area contributed by atoms with Crippen molar-refractivity contribution in [1.82, 2.24) is 9.80 Å². The zero-order valence-electron chi connectivity index (χ0n) is 14.7. The van der Waals surface area contributed by atoms with E-state index in [0.29, 0.717) is 22.6 Å². The van der Waals surface area contributed by atoms with Crippen LogP contribution in [0.25, 0.3) is 0 Å². The van der Waals surface area contributed by atoms with Gasteiger partial charge in [0.25, 0.3) is 17.5 Å². The van der Waals surface area contributed by atoms with Crippen LogP contribution in [0.4, 0.5) is 18.9 Å². The number of hydrogen-bond acceptors (Lipinski definition) is 5. The smallest absolute Gasteiger partial charge is 0.329 e. The summed E-state index contributed by atoms with van der Waals surface area (Å²) in [4.78, 5) is 48.8. The Morgan fingerprint density at radius 2 is 1.96 bits per heavy atom. The zero-order valence-corrected chi connectivity index (χ0v) is 14.7. The van der Waals surface area contributed by atoms with Gasteiger partial charge >= 0.3 is 6.18 Å². The van der Waals surface area contributed by atoms with E-state index in [2.05, 4.69) is 0 Å². The first kappa shape index (κ1) is 19.8. The fourth-order valence-corrected chi connectivity index (χ4v) is 3.32. The number of nitro groups is 1. The van der Waals surface area contributed by atoms with E-state index in [4.69, 9.17) is 0 Å². The molecule has 0 bridgehead atoms.